The van der Waals surface area contributed by atoms with E-state index in [2.05, 4.69) is 0 Å². The molecule has 0 bridgehead atoms. The molecule has 0 aromatic heterocycles. The van der Waals surface area contributed by atoms with Gasteiger partial charge in [-0.3, -0.25) is 14.5 Å². The van der Waals surface area contributed by atoms with Crippen molar-refractivity contribution in [2.75, 3.05) is 13.7 Å². The molecule has 0 aliphatic carbocycles. The molecule has 0 spiro atoms. The third kappa shape index (κ3) is 5.21. The first kappa shape index (κ1) is 22.7. The van der Waals surface area contributed by atoms with Gasteiger partial charge in [0.2, 0.25) is 0 Å². The zero-order valence-electron chi connectivity index (χ0n) is 16.9. The molecule has 2 aromatic carbocycles. The highest BCUT2D eigenvalue weighted by Crippen LogP contribution is 2.39. The van der Waals surface area contributed by atoms with Gasteiger partial charge in [-0.25, -0.2) is 4.79 Å². The summed E-state index contributed by atoms with van der Waals surface area (Å²) >= 11 is 7.29. The molecular formula is C22H20ClNO6S. The molecule has 0 unspecified atom stereocenters. The van der Waals surface area contributed by atoms with Crippen LogP contribution in [0.5, 0.6) is 11.5 Å². The minimum Gasteiger partial charge on any atom is -0.493 e. The molecule has 1 aliphatic heterocycles. The summed E-state index contributed by atoms with van der Waals surface area (Å²) in [6.45, 7) is 2.44. The summed E-state index contributed by atoms with van der Waals surface area (Å²) in [4.78, 5) is 37.0. The minimum atomic E-state index is -1.000. The molecule has 7 nitrogen and oxygen atoms in total. The number of carboxylic acid groups (broad SMARTS) is 1. The van der Waals surface area contributed by atoms with Crippen LogP contribution in [-0.4, -0.2) is 40.8 Å². The Morgan fingerprint density at radius 1 is 1.23 bits per heavy atom. The topological polar surface area (TPSA) is 93.1 Å². The molecule has 3 rings (SSSR count). The lowest BCUT2D eigenvalue weighted by molar-refractivity contribution is -0.122. The van der Waals surface area contributed by atoms with Gasteiger partial charge in [0.1, 0.15) is 6.61 Å². The van der Waals surface area contributed by atoms with Crippen molar-refractivity contribution < 1.29 is 29.0 Å². The third-order valence-corrected chi connectivity index (χ3v) is 5.64. The van der Waals surface area contributed by atoms with Crippen LogP contribution in [0.2, 0.25) is 5.02 Å². The van der Waals surface area contributed by atoms with E-state index in [1.165, 1.54) is 24.1 Å². The SMILES string of the molecule is CCCN1C(=O)S/C(=C/c2cc(Cl)c(OCc3ccc(C(=O)O)cc3)c(OC)c2)C1=O. The lowest BCUT2D eigenvalue weighted by Gasteiger charge is -2.14. The van der Waals surface area contributed by atoms with E-state index in [9.17, 15) is 14.4 Å². The summed E-state index contributed by atoms with van der Waals surface area (Å²) in [6.07, 6.45) is 2.29. The van der Waals surface area contributed by atoms with Gasteiger partial charge in [-0.05, 0) is 59.7 Å². The van der Waals surface area contributed by atoms with Crippen LogP contribution in [-0.2, 0) is 11.4 Å². The molecule has 2 amide bonds. The normalized spacial score (nSPS) is 14.9. The molecule has 1 saturated heterocycles. The second-order valence-electron chi connectivity index (χ2n) is 6.66. The average Bonchev–Trinajstić information content (AvgIpc) is 3.00. The van der Waals surface area contributed by atoms with E-state index in [4.69, 9.17) is 26.2 Å². The van der Waals surface area contributed by atoms with E-state index in [0.717, 1.165) is 17.3 Å². The van der Waals surface area contributed by atoms with Crippen LogP contribution in [0.15, 0.2) is 41.3 Å². The molecule has 0 atom stereocenters. The van der Waals surface area contributed by atoms with Crippen molar-refractivity contribution in [2.24, 2.45) is 0 Å². The van der Waals surface area contributed by atoms with Crippen molar-refractivity contribution in [3.63, 3.8) is 0 Å². The number of ether oxygens (including phenoxy) is 2. The molecule has 1 aliphatic rings. The number of hydrogen-bond donors (Lipinski definition) is 1. The number of thioether (sulfide) groups is 1. The number of amides is 2. The number of hydrogen-bond acceptors (Lipinski definition) is 6. The van der Waals surface area contributed by atoms with Crippen LogP contribution >= 0.6 is 23.4 Å². The maximum absolute atomic E-state index is 12.4. The van der Waals surface area contributed by atoms with Crippen molar-refractivity contribution >= 4 is 46.6 Å². The Labute approximate surface area is 188 Å². The molecule has 0 radical (unpaired) electrons. The molecule has 0 saturated carbocycles. The van der Waals surface area contributed by atoms with Gasteiger partial charge >= 0.3 is 5.97 Å². The van der Waals surface area contributed by atoms with Crippen molar-refractivity contribution in [3.05, 3.63) is 63.0 Å². The molecule has 1 N–H and O–H groups in total. The van der Waals surface area contributed by atoms with E-state index in [1.807, 2.05) is 6.92 Å². The highest BCUT2D eigenvalue weighted by atomic mass is 35.5. The van der Waals surface area contributed by atoms with Gasteiger partial charge in [-0.15, -0.1) is 0 Å². The Morgan fingerprint density at radius 3 is 2.55 bits per heavy atom. The Balaban J connectivity index is 1.79. The molecule has 1 heterocycles. The summed E-state index contributed by atoms with van der Waals surface area (Å²) in [6, 6.07) is 9.60. The van der Waals surface area contributed by atoms with Crippen molar-refractivity contribution in [3.8, 4) is 11.5 Å². The number of nitrogens with zero attached hydrogens (tertiary/aromatic N) is 1. The first-order chi connectivity index (χ1) is 14.8. The Kier molecular flexibility index (Phi) is 7.25. The zero-order valence-corrected chi connectivity index (χ0v) is 18.5. The molecule has 31 heavy (non-hydrogen) atoms. The number of carbonyl (C=O) groups excluding carboxylic acids is 2. The van der Waals surface area contributed by atoms with E-state index in [0.29, 0.717) is 34.9 Å². The number of carbonyl (C=O) groups is 3. The van der Waals surface area contributed by atoms with E-state index in [-0.39, 0.29) is 28.3 Å². The molecular weight excluding hydrogens is 442 g/mol. The monoisotopic (exact) mass is 461 g/mol. The quantitative estimate of drug-likeness (QED) is 0.548. The number of imide groups is 1. The van der Waals surface area contributed by atoms with Crippen molar-refractivity contribution in [2.45, 2.75) is 20.0 Å². The van der Waals surface area contributed by atoms with Gasteiger partial charge in [0.15, 0.2) is 11.5 Å². The summed E-state index contributed by atoms with van der Waals surface area (Å²) in [5.74, 6) is -0.631. The Morgan fingerprint density at radius 2 is 1.94 bits per heavy atom. The van der Waals surface area contributed by atoms with Gasteiger partial charge in [-0.1, -0.05) is 30.7 Å². The zero-order chi connectivity index (χ0) is 22.5. The maximum atomic E-state index is 12.4. The van der Waals surface area contributed by atoms with Crippen LogP contribution in [0.3, 0.4) is 0 Å². The third-order valence-electron chi connectivity index (χ3n) is 4.45. The standard InChI is InChI=1S/C22H20ClNO6S/c1-3-8-24-20(25)18(31-22(24)28)11-14-9-16(23)19(17(10-14)29-2)30-12-13-4-6-15(7-5-13)21(26)27/h4-7,9-11H,3,8,12H2,1-2H3,(H,26,27)/b18-11+. The summed E-state index contributed by atoms with van der Waals surface area (Å²) in [5, 5.41) is 8.97. The van der Waals surface area contributed by atoms with E-state index >= 15 is 0 Å². The molecule has 162 valence electrons. The number of methoxy groups -OCH3 is 1. The van der Waals surface area contributed by atoms with Crippen LogP contribution in [0.4, 0.5) is 4.79 Å². The number of halogens is 1. The van der Waals surface area contributed by atoms with Crippen molar-refractivity contribution in [1.82, 2.24) is 4.90 Å². The highest BCUT2D eigenvalue weighted by Gasteiger charge is 2.34. The van der Waals surface area contributed by atoms with Gasteiger partial charge < -0.3 is 14.6 Å². The summed E-state index contributed by atoms with van der Waals surface area (Å²) < 4.78 is 11.2. The predicted molar refractivity (Wildman–Crippen MR) is 119 cm³/mol. The summed E-state index contributed by atoms with van der Waals surface area (Å²) in [7, 11) is 1.47. The fraction of sp³-hybridized carbons (Fsp3) is 0.227. The lowest BCUT2D eigenvalue weighted by atomic mass is 10.1. The summed E-state index contributed by atoms with van der Waals surface area (Å²) in [5.41, 5.74) is 1.55. The predicted octanol–water partition coefficient (Wildman–Crippen LogP) is 5.07. The number of carboxylic acids is 1. The van der Waals surface area contributed by atoms with Crippen LogP contribution in [0.1, 0.15) is 34.8 Å². The minimum absolute atomic E-state index is 0.158. The first-order valence-electron chi connectivity index (χ1n) is 9.42. The van der Waals surface area contributed by atoms with Crippen LogP contribution < -0.4 is 9.47 Å². The number of rotatable bonds is 8. The number of aromatic carboxylic acids is 1. The second kappa shape index (κ2) is 9.89. The van der Waals surface area contributed by atoms with E-state index in [1.54, 1.807) is 30.3 Å². The van der Waals surface area contributed by atoms with Gasteiger partial charge in [-0.2, -0.15) is 0 Å². The Bertz CT molecular complexity index is 1050. The largest absolute Gasteiger partial charge is 0.493 e. The molecule has 2 aromatic rings. The maximum Gasteiger partial charge on any atom is 0.335 e. The van der Waals surface area contributed by atoms with Crippen molar-refractivity contribution in [1.29, 1.82) is 0 Å². The van der Waals surface area contributed by atoms with E-state index < -0.39 is 5.97 Å². The fourth-order valence-electron chi connectivity index (χ4n) is 2.93. The number of benzene rings is 2. The Hall–Kier alpha value is -2.97. The average molecular weight is 462 g/mol. The first-order valence-corrected chi connectivity index (χ1v) is 10.6. The van der Waals surface area contributed by atoms with Crippen LogP contribution in [0, 0.1) is 0 Å². The lowest BCUT2D eigenvalue weighted by Crippen LogP contribution is -2.28. The van der Waals surface area contributed by atoms with Gasteiger partial charge in [0, 0.05) is 6.54 Å². The highest BCUT2D eigenvalue weighted by molar-refractivity contribution is 8.18. The van der Waals surface area contributed by atoms with Gasteiger partial charge in [0.05, 0.1) is 22.6 Å². The molecule has 9 heteroatoms. The second-order valence-corrected chi connectivity index (χ2v) is 8.06. The molecule has 1 fully saturated rings. The van der Waals surface area contributed by atoms with Gasteiger partial charge in [0.25, 0.3) is 11.1 Å². The smallest absolute Gasteiger partial charge is 0.335 e. The van der Waals surface area contributed by atoms with Crippen LogP contribution in [0.25, 0.3) is 6.08 Å². The fourth-order valence-corrected chi connectivity index (χ4v) is 4.07.